The molecule has 1 rings (SSSR count). The SMILES string of the molecule is CC(=O)NC(=O)c1cc(F)cc([N+](=O)[O-])c1F. The first-order chi connectivity index (χ1) is 7.82. The van der Waals surface area contributed by atoms with Crippen molar-refractivity contribution < 1.29 is 23.3 Å². The Balaban J connectivity index is 3.29. The Labute approximate surface area is 93.4 Å². The van der Waals surface area contributed by atoms with Gasteiger partial charge in [-0.05, 0) is 6.07 Å². The fourth-order valence-electron chi connectivity index (χ4n) is 1.10. The largest absolute Gasteiger partial charge is 0.308 e. The van der Waals surface area contributed by atoms with Gasteiger partial charge < -0.3 is 0 Å². The number of benzene rings is 1. The van der Waals surface area contributed by atoms with Crippen molar-refractivity contribution in [2.24, 2.45) is 0 Å². The van der Waals surface area contributed by atoms with Gasteiger partial charge in [0.1, 0.15) is 5.82 Å². The lowest BCUT2D eigenvalue weighted by Gasteiger charge is -2.03. The molecule has 1 aromatic rings. The minimum absolute atomic E-state index is 0.347. The fraction of sp³-hybridized carbons (Fsp3) is 0.111. The van der Waals surface area contributed by atoms with E-state index in [1.54, 1.807) is 5.32 Å². The van der Waals surface area contributed by atoms with Gasteiger partial charge in [-0.2, -0.15) is 4.39 Å². The highest BCUT2D eigenvalue weighted by atomic mass is 19.1. The molecule has 1 N–H and O–H groups in total. The summed E-state index contributed by atoms with van der Waals surface area (Å²) < 4.78 is 26.4. The third kappa shape index (κ3) is 2.80. The number of carbonyl (C=O) groups is 2. The van der Waals surface area contributed by atoms with E-state index in [0.717, 1.165) is 6.92 Å². The molecule has 0 bridgehead atoms. The lowest BCUT2D eigenvalue weighted by atomic mass is 10.1. The van der Waals surface area contributed by atoms with E-state index >= 15 is 0 Å². The maximum atomic E-state index is 13.4. The third-order valence-corrected chi connectivity index (χ3v) is 1.75. The summed E-state index contributed by atoms with van der Waals surface area (Å²) in [7, 11) is 0. The monoisotopic (exact) mass is 244 g/mol. The van der Waals surface area contributed by atoms with Crippen molar-refractivity contribution in [2.45, 2.75) is 6.92 Å². The van der Waals surface area contributed by atoms with Crippen LogP contribution in [0.4, 0.5) is 14.5 Å². The van der Waals surface area contributed by atoms with Crippen LogP contribution in [0.25, 0.3) is 0 Å². The number of nitrogens with zero attached hydrogens (tertiary/aromatic N) is 1. The van der Waals surface area contributed by atoms with Gasteiger partial charge in [-0.15, -0.1) is 0 Å². The minimum Gasteiger partial charge on any atom is -0.292 e. The highest BCUT2D eigenvalue weighted by Crippen LogP contribution is 2.22. The van der Waals surface area contributed by atoms with Gasteiger partial charge in [-0.1, -0.05) is 0 Å². The van der Waals surface area contributed by atoms with Crippen molar-refractivity contribution in [3.05, 3.63) is 39.4 Å². The van der Waals surface area contributed by atoms with E-state index in [4.69, 9.17) is 0 Å². The van der Waals surface area contributed by atoms with Gasteiger partial charge in [0, 0.05) is 6.92 Å². The van der Waals surface area contributed by atoms with E-state index < -0.39 is 39.6 Å². The number of hydrogen-bond acceptors (Lipinski definition) is 4. The molecule has 90 valence electrons. The van der Waals surface area contributed by atoms with Gasteiger partial charge in [0.2, 0.25) is 11.7 Å². The lowest BCUT2D eigenvalue weighted by Crippen LogP contribution is -2.29. The smallest absolute Gasteiger partial charge is 0.292 e. The molecule has 0 unspecified atom stereocenters. The number of nitro groups is 1. The maximum absolute atomic E-state index is 13.4. The Bertz CT molecular complexity index is 516. The van der Waals surface area contributed by atoms with Crippen LogP contribution in [0.2, 0.25) is 0 Å². The van der Waals surface area contributed by atoms with Crippen LogP contribution in [0, 0.1) is 21.7 Å². The molecule has 0 aromatic heterocycles. The van der Waals surface area contributed by atoms with E-state index in [1.807, 2.05) is 0 Å². The second-order valence-electron chi connectivity index (χ2n) is 3.05. The standard InChI is InChI=1S/C9H6F2N2O4/c1-4(14)12-9(15)6-2-5(10)3-7(8(6)11)13(16)17/h2-3H,1H3,(H,12,14,15). The normalized spacial score (nSPS) is 9.82. The van der Waals surface area contributed by atoms with Gasteiger partial charge in [-0.25, -0.2) is 4.39 Å². The molecule has 0 spiro atoms. The molecule has 0 aliphatic carbocycles. The molecule has 0 atom stereocenters. The summed E-state index contributed by atoms with van der Waals surface area (Å²) in [6.45, 7) is 0.990. The van der Waals surface area contributed by atoms with E-state index in [9.17, 15) is 28.5 Å². The van der Waals surface area contributed by atoms with E-state index in [0.29, 0.717) is 12.1 Å². The van der Waals surface area contributed by atoms with Crippen LogP contribution in [0.5, 0.6) is 0 Å². The molecular formula is C9H6F2N2O4. The van der Waals surface area contributed by atoms with E-state index in [1.165, 1.54) is 0 Å². The average molecular weight is 244 g/mol. The van der Waals surface area contributed by atoms with Crippen LogP contribution in [0.15, 0.2) is 12.1 Å². The first-order valence-electron chi connectivity index (χ1n) is 4.28. The zero-order valence-electron chi connectivity index (χ0n) is 8.49. The van der Waals surface area contributed by atoms with Crippen LogP contribution >= 0.6 is 0 Å². The molecule has 0 aliphatic heterocycles. The number of amides is 2. The van der Waals surface area contributed by atoms with Gasteiger partial charge in [0.25, 0.3) is 5.91 Å². The molecule has 1 aromatic carbocycles. The second kappa shape index (κ2) is 4.64. The maximum Gasteiger partial charge on any atom is 0.308 e. The number of hydrogen-bond donors (Lipinski definition) is 1. The Morgan fingerprint density at radius 3 is 2.41 bits per heavy atom. The molecule has 0 radical (unpaired) electrons. The molecule has 6 nitrogen and oxygen atoms in total. The number of imide groups is 1. The van der Waals surface area contributed by atoms with E-state index in [-0.39, 0.29) is 0 Å². The van der Waals surface area contributed by atoms with Crippen molar-refractivity contribution in [3.8, 4) is 0 Å². The molecule has 0 heterocycles. The van der Waals surface area contributed by atoms with Crippen molar-refractivity contribution in [1.82, 2.24) is 5.32 Å². The number of carbonyl (C=O) groups excluding carboxylic acids is 2. The van der Waals surface area contributed by atoms with Gasteiger partial charge in [0.15, 0.2) is 0 Å². The summed E-state index contributed by atoms with van der Waals surface area (Å²) in [5.41, 5.74) is -2.06. The molecule has 8 heteroatoms. The summed E-state index contributed by atoms with van der Waals surface area (Å²) in [6.07, 6.45) is 0. The van der Waals surface area contributed by atoms with Crippen molar-refractivity contribution >= 4 is 17.5 Å². The third-order valence-electron chi connectivity index (χ3n) is 1.75. The first-order valence-corrected chi connectivity index (χ1v) is 4.28. The molecule has 0 saturated carbocycles. The lowest BCUT2D eigenvalue weighted by molar-refractivity contribution is -0.387. The van der Waals surface area contributed by atoms with E-state index in [2.05, 4.69) is 0 Å². The van der Waals surface area contributed by atoms with Crippen LogP contribution in [0.3, 0.4) is 0 Å². The van der Waals surface area contributed by atoms with Crippen molar-refractivity contribution in [3.63, 3.8) is 0 Å². The summed E-state index contributed by atoms with van der Waals surface area (Å²) in [5, 5.41) is 12.1. The summed E-state index contributed by atoms with van der Waals surface area (Å²) in [6, 6.07) is 0.820. The summed E-state index contributed by atoms with van der Waals surface area (Å²) >= 11 is 0. The van der Waals surface area contributed by atoms with Crippen LogP contribution < -0.4 is 5.32 Å². The predicted octanol–water partition coefficient (Wildman–Crippen LogP) is 1.15. The summed E-state index contributed by atoms with van der Waals surface area (Å²) in [4.78, 5) is 31.0. The van der Waals surface area contributed by atoms with Crippen molar-refractivity contribution in [2.75, 3.05) is 0 Å². The molecule has 2 amide bonds. The molecule has 0 fully saturated rings. The average Bonchev–Trinajstić information content (AvgIpc) is 2.19. The van der Waals surface area contributed by atoms with Crippen molar-refractivity contribution in [1.29, 1.82) is 0 Å². The highest BCUT2D eigenvalue weighted by Gasteiger charge is 2.24. The van der Waals surface area contributed by atoms with Gasteiger partial charge >= 0.3 is 5.69 Å². The molecule has 0 aliphatic rings. The zero-order chi connectivity index (χ0) is 13.2. The van der Waals surface area contributed by atoms with Crippen LogP contribution in [-0.4, -0.2) is 16.7 Å². The second-order valence-corrected chi connectivity index (χ2v) is 3.05. The number of nitrogens with one attached hydrogen (secondary N) is 1. The van der Waals surface area contributed by atoms with Gasteiger partial charge in [0.05, 0.1) is 16.6 Å². The topological polar surface area (TPSA) is 89.3 Å². The Morgan fingerprint density at radius 2 is 1.94 bits per heavy atom. The predicted molar refractivity (Wildman–Crippen MR) is 51.2 cm³/mol. The Morgan fingerprint density at radius 1 is 1.35 bits per heavy atom. The molecule has 17 heavy (non-hydrogen) atoms. The fourth-order valence-corrected chi connectivity index (χ4v) is 1.10. The van der Waals surface area contributed by atoms with Gasteiger partial charge in [-0.3, -0.25) is 25.0 Å². The quantitative estimate of drug-likeness (QED) is 0.624. The zero-order valence-corrected chi connectivity index (χ0v) is 8.49. The molecular weight excluding hydrogens is 238 g/mol. The first kappa shape index (κ1) is 12.7. The number of halogens is 2. The number of nitro benzene ring substituents is 1. The Hall–Kier alpha value is -2.38. The number of rotatable bonds is 2. The highest BCUT2D eigenvalue weighted by molar-refractivity contribution is 6.04. The summed E-state index contributed by atoms with van der Waals surface area (Å²) in [5.74, 6) is -4.67. The molecule has 0 saturated heterocycles. The van der Waals surface area contributed by atoms with Crippen LogP contribution in [-0.2, 0) is 4.79 Å². The Kier molecular flexibility index (Phi) is 3.46. The minimum atomic E-state index is -1.49. The van der Waals surface area contributed by atoms with Crippen LogP contribution in [0.1, 0.15) is 17.3 Å².